The summed E-state index contributed by atoms with van der Waals surface area (Å²) < 4.78 is 5.26. The number of nitrogens with zero attached hydrogens (tertiary/aromatic N) is 2. The summed E-state index contributed by atoms with van der Waals surface area (Å²) in [5, 5.41) is 0.457. The predicted molar refractivity (Wildman–Crippen MR) is 112 cm³/mol. The Morgan fingerprint density at radius 2 is 1.78 bits per heavy atom. The lowest BCUT2D eigenvalue weighted by molar-refractivity contribution is 0.0526. The van der Waals surface area contributed by atoms with Gasteiger partial charge in [0.1, 0.15) is 0 Å². The van der Waals surface area contributed by atoms with Gasteiger partial charge in [-0.1, -0.05) is 42.8 Å². The minimum Gasteiger partial charge on any atom is -0.462 e. The van der Waals surface area contributed by atoms with Crippen molar-refractivity contribution in [1.29, 1.82) is 0 Å². The first kappa shape index (κ1) is 19.7. The van der Waals surface area contributed by atoms with Crippen LogP contribution in [0.1, 0.15) is 29.8 Å². The molecule has 0 N–H and O–H groups in total. The molecule has 0 aromatic heterocycles. The Hall–Kier alpha value is -2.04. The average molecular weight is 387 g/mol. The third kappa shape index (κ3) is 4.28. The molecule has 1 heterocycles. The van der Waals surface area contributed by atoms with E-state index in [-0.39, 0.29) is 5.97 Å². The number of aryl methyl sites for hydroxylation is 1. The maximum absolute atomic E-state index is 12.5. The highest BCUT2D eigenvalue weighted by atomic mass is 35.5. The minimum atomic E-state index is -0.369. The molecular formula is C22H27ClN2O2. The van der Waals surface area contributed by atoms with E-state index >= 15 is 0 Å². The summed E-state index contributed by atoms with van der Waals surface area (Å²) >= 11 is 6.67. The topological polar surface area (TPSA) is 32.8 Å². The molecule has 3 rings (SSSR count). The van der Waals surface area contributed by atoms with Crippen molar-refractivity contribution >= 4 is 23.3 Å². The van der Waals surface area contributed by atoms with Gasteiger partial charge in [-0.15, -0.1) is 0 Å². The lowest BCUT2D eigenvalue weighted by atomic mass is 9.97. The molecule has 0 spiro atoms. The SMILES string of the molecule is CCOC(=O)c1cc(N2CCN(CC)CC2)cc(-c2ccccc2C)c1Cl. The van der Waals surface area contributed by atoms with Crippen LogP contribution in [0.3, 0.4) is 0 Å². The number of hydrogen-bond acceptors (Lipinski definition) is 4. The molecule has 1 fully saturated rings. The second-order valence-corrected chi connectivity index (χ2v) is 7.19. The maximum atomic E-state index is 12.5. The Morgan fingerprint density at radius 3 is 2.41 bits per heavy atom. The molecule has 27 heavy (non-hydrogen) atoms. The van der Waals surface area contributed by atoms with Crippen molar-refractivity contribution in [3.63, 3.8) is 0 Å². The van der Waals surface area contributed by atoms with E-state index < -0.39 is 0 Å². The summed E-state index contributed by atoms with van der Waals surface area (Å²) in [5.74, 6) is -0.369. The zero-order chi connectivity index (χ0) is 19.4. The number of esters is 1. The standard InChI is InChI=1S/C22H27ClN2O2/c1-4-24-10-12-25(13-11-24)17-14-19(18-9-7-6-8-16(18)3)21(23)20(15-17)22(26)27-5-2/h6-9,14-15H,4-5,10-13H2,1-3H3. The molecule has 0 unspecified atom stereocenters. The van der Waals surface area contributed by atoms with E-state index in [1.165, 1.54) is 0 Å². The highest BCUT2D eigenvalue weighted by Gasteiger charge is 2.22. The van der Waals surface area contributed by atoms with Gasteiger partial charge < -0.3 is 14.5 Å². The summed E-state index contributed by atoms with van der Waals surface area (Å²) in [6, 6.07) is 12.1. The van der Waals surface area contributed by atoms with Crippen molar-refractivity contribution < 1.29 is 9.53 Å². The maximum Gasteiger partial charge on any atom is 0.339 e. The molecule has 4 nitrogen and oxygen atoms in total. The van der Waals surface area contributed by atoms with Crippen molar-refractivity contribution in [3.8, 4) is 11.1 Å². The summed E-state index contributed by atoms with van der Waals surface area (Å²) in [6.45, 7) is 11.4. The second-order valence-electron chi connectivity index (χ2n) is 6.81. The Kier molecular flexibility index (Phi) is 6.40. The van der Waals surface area contributed by atoms with Gasteiger partial charge in [0.05, 0.1) is 17.2 Å². The average Bonchev–Trinajstić information content (AvgIpc) is 2.69. The van der Waals surface area contributed by atoms with Crippen LogP contribution in [0.15, 0.2) is 36.4 Å². The van der Waals surface area contributed by atoms with Crippen LogP contribution in [-0.2, 0) is 4.74 Å². The van der Waals surface area contributed by atoms with Crippen LogP contribution < -0.4 is 4.90 Å². The van der Waals surface area contributed by atoms with Crippen molar-refractivity contribution in [3.05, 3.63) is 52.5 Å². The lowest BCUT2D eigenvalue weighted by Crippen LogP contribution is -2.46. The van der Waals surface area contributed by atoms with Gasteiger partial charge in [0.15, 0.2) is 0 Å². The minimum absolute atomic E-state index is 0.328. The molecule has 0 aliphatic carbocycles. The second kappa shape index (κ2) is 8.77. The quantitative estimate of drug-likeness (QED) is 0.701. The van der Waals surface area contributed by atoms with Crippen molar-refractivity contribution in [2.45, 2.75) is 20.8 Å². The van der Waals surface area contributed by atoms with E-state index in [0.29, 0.717) is 17.2 Å². The van der Waals surface area contributed by atoms with Crippen molar-refractivity contribution in [1.82, 2.24) is 4.90 Å². The summed E-state index contributed by atoms with van der Waals surface area (Å²) in [7, 11) is 0. The number of carbonyl (C=O) groups is 1. The van der Waals surface area contributed by atoms with Crippen molar-refractivity contribution in [2.75, 3.05) is 44.2 Å². The third-order valence-corrected chi connectivity index (χ3v) is 5.58. The van der Waals surface area contributed by atoms with Crippen LogP contribution in [0, 0.1) is 6.92 Å². The van der Waals surface area contributed by atoms with Gasteiger partial charge in [0, 0.05) is 37.4 Å². The molecule has 1 saturated heterocycles. The molecule has 0 saturated carbocycles. The zero-order valence-corrected chi connectivity index (χ0v) is 17.1. The number of ether oxygens (including phenoxy) is 1. The van der Waals surface area contributed by atoms with Crippen molar-refractivity contribution in [2.24, 2.45) is 0 Å². The number of likely N-dealkylation sites (N-methyl/N-ethyl adjacent to an activating group) is 1. The van der Waals surface area contributed by atoms with Crippen LogP contribution in [0.25, 0.3) is 11.1 Å². The van der Waals surface area contributed by atoms with E-state index in [4.69, 9.17) is 16.3 Å². The Labute approximate surface area is 166 Å². The van der Waals surface area contributed by atoms with Gasteiger partial charge in [-0.2, -0.15) is 0 Å². The van der Waals surface area contributed by atoms with Gasteiger partial charge in [0.2, 0.25) is 0 Å². The fourth-order valence-corrected chi connectivity index (χ4v) is 3.83. The molecule has 2 aromatic rings. The number of carbonyl (C=O) groups excluding carboxylic acids is 1. The monoisotopic (exact) mass is 386 g/mol. The number of benzene rings is 2. The normalized spacial score (nSPS) is 15.0. The van der Waals surface area contributed by atoms with Crippen LogP contribution >= 0.6 is 11.6 Å². The molecule has 0 amide bonds. The van der Waals surface area contributed by atoms with Crippen LogP contribution in [0.5, 0.6) is 0 Å². The molecule has 5 heteroatoms. The van der Waals surface area contributed by atoms with Gasteiger partial charge in [-0.05, 0) is 43.7 Å². The molecule has 0 bridgehead atoms. The highest BCUT2D eigenvalue weighted by molar-refractivity contribution is 6.36. The number of anilines is 1. The Bertz CT molecular complexity index is 814. The van der Waals surface area contributed by atoms with Gasteiger partial charge >= 0.3 is 5.97 Å². The Balaban J connectivity index is 2.06. The molecule has 0 atom stereocenters. The first-order valence-electron chi connectivity index (χ1n) is 9.59. The van der Waals surface area contributed by atoms with Crippen LogP contribution in [0.4, 0.5) is 5.69 Å². The first-order valence-corrected chi connectivity index (χ1v) is 9.96. The molecule has 144 valence electrons. The Morgan fingerprint density at radius 1 is 1.07 bits per heavy atom. The number of hydrogen-bond donors (Lipinski definition) is 0. The summed E-state index contributed by atoms with van der Waals surface area (Å²) in [5.41, 5.74) is 4.51. The smallest absolute Gasteiger partial charge is 0.339 e. The third-order valence-electron chi connectivity index (χ3n) is 5.17. The fraction of sp³-hybridized carbons (Fsp3) is 0.409. The molecule has 1 aliphatic rings. The van der Waals surface area contributed by atoms with Gasteiger partial charge in [0.25, 0.3) is 0 Å². The van der Waals surface area contributed by atoms with Gasteiger partial charge in [-0.25, -0.2) is 4.79 Å². The van der Waals surface area contributed by atoms with Crippen LogP contribution in [0.2, 0.25) is 5.02 Å². The molecule has 2 aromatic carbocycles. The summed E-state index contributed by atoms with van der Waals surface area (Å²) in [4.78, 5) is 17.3. The first-order chi connectivity index (χ1) is 13.0. The molecular weight excluding hydrogens is 360 g/mol. The predicted octanol–water partition coefficient (Wildman–Crippen LogP) is 4.63. The van der Waals surface area contributed by atoms with E-state index in [9.17, 15) is 4.79 Å². The molecule has 1 aliphatic heterocycles. The number of halogens is 1. The van der Waals surface area contributed by atoms with E-state index in [2.05, 4.69) is 35.8 Å². The van der Waals surface area contributed by atoms with E-state index in [0.717, 1.165) is 55.1 Å². The lowest BCUT2D eigenvalue weighted by Gasteiger charge is -2.36. The van der Waals surface area contributed by atoms with Gasteiger partial charge in [-0.3, -0.25) is 0 Å². The fourth-order valence-electron chi connectivity index (χ4n) is 3.54. The number of piperazine rings is 1. The van der Waals surface area contributed by atoms with E-state index in [1.54, 1.807) is 0 Å². The van der Waals surface area contributed by atoms with E-state index in [1.807, 2.05) is 31.2 Å². The molecule has 0 radical (unpaired) electrons. The summed E-state index contributed by atoms with van der Waals surface area (Å²) in [6.07, 6.45) is 0. The number of rotatable bonds is 5. The zero-order valence-electron chi connectivity index (χ0n) is 16.3. The highest BCUT2D eigenvalue weighted by Crippen LogP contribution is 2.37. The van der Waals surface area contributed by atoms with Crippen LogP contribution in [-0.4, -0.2) is 50.2 Å². The largest absolute Gasteiger partial charge is 0.462 e.